The Morgan fingerprint density at radius 2 is 2.31 bits per heavy atom. The minimum Gasteiger partial charge on any atom is -0.463 e. The number of para-hydroxylation sites is 1. The summed E-state index contributed by atoms with van der Waals surface area (Å²) >= 11 is 5.27. The molecule has 1 aromatic heterocycles. The molecule has 0 atom stereocenters. The fourth-order valence-electron chi connectivity index (χ4n) is 1.34. The van der Waals surface area contributed by atoms with Crippen molar-refractivity contribution in [1.29, 1.82) is 0 Å². The molecule has 1 nitrogen and oxygen atoms in total. The van der Waals surface area contributed by atoms with Crippen LogP contribution in [0, 0.1) is 0 Å². The van der Waals surface area contributed by atoms with Gasteiger partial charge in [0, 0.05) is 16.7 Å². The van der Waals surface area contributed by atoms with Crippen LogP contribution in [0.25, 0.3) is 11.0 Å². The zero-order valence-corrected chi connectivity index (χ0v) is 9.61. The van der Waals surface area contributed by atoms with Gasteiger partial charge in [-0.15, -0.1) is 0 Å². The molecular weight excluding hydrogens is 248 g/mol. The van der Waals surface area contributed by atoms with Crippen molar-refractivity contribution in [3.05, 3.63) is 34.5 Å². The third-order valence-electron chi connectivity index (χ3n) is 1.93. The Morgan fingerprint density at radius 1 is 1.46 bits per heavy atom. The molecule has 0 unspecified atom stereocenters. The van der Waals surface area contributed by atoms with Gasteiger partial charge >= 0.3 is 0 Å². The maximum Gasteiger partial charge on any atom is 0.148 e. The van der Waals surface area contributed by atoms with Crippen molar-refractivity contribution in [3.8, 4) is 0 Å². The molecule has 1 heterocycles. The van der Waals surface area contributed by atoms with Gasteiger partial charge in [-0.1, -0.05) is 12.1 Å². The van der Waals surface area contributed by atoms with E-state index in [-0.39, 0.29) is 0 Å². The lowest BCUT2D eigenvalue weighted by molar-refractivity contribution is 0.611. The van der Waals surface area contributed by atoms with Crippen LogP contribution in [0.3, 0.4) is 0 Å². The fourth-order valence-corrected chi connectivity index (χ4v) is 2.34. The molecule has 0 radical (unpaired) electrons. The maximum absolute atomic E-state index is 5.47. The van der Waals surface area contributed by atoms with E-state index in [4.69, 9.17) is 4.42 Å². The Hall–Kier alpha value is -0.410. The van der Waals surface area contributed by atoms with E-state index in [0.29, 0.717) is 0 Å². The Morgan fingerprint density at radius 3 is 3.08 bits per heavy atom. The van der Waals surface area contributed by atoms with Gasteiger partial charge in [0.05, 0.1) is 10.7 Å². The predicted molar refractivity (Wildman–Crippen MR) is 61.1 cm³/mol. The first-order valence-electron chi connectivity index (χ1n) is 3.96. The Labute approximate surface area is 89.6 Å². The molecule has 3 heteroatoms. The Kier molecular flexibility index (Phi) is 2.65. The van der Waals surface area contributed by atoms with Crippen molar-refractivity contribution in [3.63, 3.8) is 0 Å². The monoisotopic (exact) mass is 256 g/mol. The topological polar surface area (TPSA) is 13.1 Å². The second-order valence-electron chi connectivity index (χ2n) is 2.81. The smallest absolute Gasteiger partial charge is 0.148 e. The van der Waals surface area contributed by atoms with E-state index >= 15 is 0 Å². The van der Waals surface area contributed by atoms with Crippen LogP contribution in [0.5, 0.6) is 0 Å². The summed E-state index contributed by atoms with van der Waals surface area (Å²) in [5, 5.41) is 1.21. The van der Waals surface area contributed by atoms with E-state index in [1.807, 2.05) is 18.4 Å². The molecule has 0 fully saturated rings. The van der Waals surface area contributed by atoms with Gasteiger partial charge < -0.3 is 4.42 Å². The lowest BCUT2D eigenvalue weighted by Gasteiger charge is -1.94. The van der Waals surface area contributed by atoms with Gasteiger partial charge in [-0.2, -0.15) is 11.8 Å². The third kappa shape index (κ3) is 1.63. The molecule has 0 aliphatic carbocycles. The molecule has 1 aromatic carbocycles. The lowest BCUT2D eigenvalue weighted by atomic mass is 10.2. The number of halogens is 1. The highest BCUT2D eigenvalue weighted by Crippen LogP contribution is 2.29. The molecular formula is C10H9BrOS. The Bertz CT molecular complexity index is 422. The average Bonchev–Trinajstić information content (AvgIpc) is 2.51. The molecule has 0 saturated heterocycles. The summed E-state index contributed by atoms with van der Waals surface area (Å²) in [6.45, 7) is 0. The number of thioether (sulfide) groups is 1. The van der Waals surface area contributed by atoms with E-state index in [2.05, 4.69) is 28.3 Å². The van der Waals surface area contributed by atoms with E-state index < -0.39 is 0 Å². The summed E-state index contributed by atoms with van der Waals surface area (Å²) in [6.07, 6.45) is 3.93. The maximum atomic E-state index is 5.47. The van der Waals surface area contributed by atoms with Crippen LogP contribution in [0.2, 0.25) is 0 Å². The first kappa shape index (κ1) is 9.16. The van der Waals surface area contributed by atoms with Gasteiger partial charge in [0.15, 0.2) is 0 Å². The summed E-state index contributed by atoms with van der Waals surface area (Å²) < 4.78 is 6.50. The second-order valence-corrected chi connectivity index (χ2v) is 4.53. The summed E-state index contributed by atoms with van der Waals surface area (Å²) in [5.41, 5.74) is 2.22. The summed E-state index contributed by atoms with van der Waals surface area (Å²) in [4.78, 5) is 0. The molecule has 0 bridgehead atoms. The predicted octanol–water partition coefficient (Wildman–Crippen LogP) is 4.06. The van der Waals surface area contributed by atoms with Gasteiger partial charge in [-0.25, -0.2) is 0 Å². The minimum absolute atomic E-state index is 0.951. The van der Waals surface area contributed by atoms with Crippen LogP contribution >= 0.6 is 27.7 Å². The second kappa shape index (κ2) is 3.76. The largest absolute Gasteiger partial charge is 0.463 e. The molecule has 0 amide bonds. The zero-order chi connectivity index (χ0) is 9.26. The van der Waals surface area contributed by atoms with Crippen LogP contribution < -0.4 is 0 Å². The third-order valence-corrected chi connectivity index (χ3v) is 3.16. The highest BCUT2D eigenvalue weighted by Gasteiger charge is 2.06. The number of hydrogen-bond acceptors (Lipinski definition) is 2. The highest BCUT2D eigenvalue weighted by atomic mass is 79.9. The van der Waals surface area contributed by atoms with Gasteiger partial charge in [0.2, 0.25) is 0 Å². The quantitative estimate of drug-likeness (QED) is 0.804. The van der Waals surface area contributed by atoms with E-state index in [0.717, 1.165) is 15.8 Å². The van der Waals surface area contributed by atoms with Crippen molar-refractivity contribution in [2.45, 2.75) is 5.75 Å². The first-order chi connectivity index (χ1) is 6.33. The summed E-state index contributed by atoms with van der Waals surface area (Å²) in [6, 6.07) is 6.12. The molecule has 0 aliphatic heterocycles. The number of rotatable bonds is 2. The van der Waals surface area contributed by atoms with Crippen LogP contribution in [0.15, 0.2) is 33.4 Å². The molecule has 13 heavy (non-hydrogen) atoms. The van der Waals surface area contributed by atoms with Gasteiger partial charge in [0.25, 0.3) is 0 Å². The minimum atomic E-state index is 0.951. The average molecular weight is 257 g/mol. The van der Waals surface area contributed by atoms with Crippen LogP contribution in [0.1, 0.15) is 5.56 Å². The molecule has 0 spiro atoms. The first-order valence-corrected chi connectivity index (χ1v) is 6.15. The molecule has 68 valence electrons. The number of furan rings is 1. The van der Waals surface area contributed by atoms with Crippen molar-refractivity contribution in [1.82, 2.24) is 0 Å². The highest BCUT2D eigenvalue weighted by molar-refractivity contribution is 9.10. The van der Waals surface area contributed by atoms with Crippen molar-refractivity contribution in [2.75, 3.05) is 6.26 Å². The van der Waals surface area contributed by atoms with Crippen LogP contribution in [0.4, 0.5) is 0 Å². The Balaban J connectivity index is 2.61. The molecule has 2 rings (SSSR count). The standard InChI is InChI=1S/C10H9BrOS/c1-13-6-7-5-12-10-8(7)3-2-4-9(10)11/h2-5H,6H2,1H3. The SMILES string of the molecule is CSCc1coc2c(Br)cccc12. The molecule has 0 aliphatic rings. The van der Waals surface area contributed by atoms with Crippen LogP contribution in [-0.4, -0.2) is 6.26 Å². The van der Waals surface area contributed by atoms with Gasteiger partial charge in [0.1, 0.15) is 5.58 Å². The molecule has 0 N–H and O–H groups in total. The summed E-state index contributed by atoms with van der Waals surface area (Å²) in [7, 11) is 0. The van der Waals surface area contributed by atoms with E-state index in [1.165, 1.54) is 10.9 Å². The van der Waals surface area contributed by atoms with Crippen molar-refractivity contribution in [2.24, 2.45) is 0 Å². The van der Waals surface area contributed by atoms with Gasteiger partial charge in [-0.05, 0) is 28.3 Å². The molecule has 2 aromatic rings. The molecule has 0 saturated carbocycles. The summed E-state index contributed by atoms with van der Waals surface area (Å²) in [5.74, 6) is 1.00. The fraction of sp³-hybridized carbons (Fsp3) is 0.200. The van der Waals surface area contributed by atoms with Crippen molar-refractivity contribution < 1.29 is 4.42 Å². The van der Waals surface area contributed by atoms with Crippen molar-refractivity contribution >= 4 is 38.7 Å². The number of fused-ring (bicyclic) bond motifs is 1. The normalized spacial score (nSPS) is 10.9. The van der Waals surface area contributed by atoms with Gasteiger partial charge in [-0.3, -0.25) is 0 Å². The number of benzene rings is 1. The van der Waals surface area contributed by atoms with E-state index in [9.17, 15) is 0 Å². The van der Waals surface area contributed by atoms with E-state index in [1.54, 1.807) is 11.8 Å². The number of hydrogen-bond donors (Lipinski definition) is 0. The lowest BCUT2D eigenvalue weighted by Crippen LogP contribution is -1.75. The zero-order valence-electron chi connectivity index (χ0n) is 7.21. The van der Waals surface area contributed by atoms with Crippen LogP contribution in [-0.2, 0) is 5.75 Å².